The Morgan fingerprint density at radius 3 is 2.59 bits per heavy atom. The first-order valence-electron chi connectivity index (χ1n) is 5.00. The normalized spacial score (nSPS) is 11.3. The van der Waals surface area contributed by atoms with E-state index in [1.807, 2.05) is 0 Å². The van der Waals surface area contributed by atoms with Crippen LogP contribution in [0.2, 0.25) is 0 Å². The Bertz CT molecular complexity index is 416. The summed E-state index contributed by atoms with van der Waals surface area (Å²) in [6, 6.07) is 3.19. The van der Waals surface area contributed by atoms with E-state index in [-0.39, 0.29) is 12.3 Å². The number of hydrogen-bond donors (Lipinski definition) is 1. The fourth-order valence-corrected chi connectivity index (χ4v) is 1.30. The lowest BCUT2D eigenvalue weighted by atomic mass is 10.1. The van der Waals surface area contributed by atoms with Crippen molar-refractivity contribution in [2.45, 2.75) is 19.5 Å². The molecule has 1 aromatic rings. The average molecular weight is 247 g/mol. The molecule has 1 aromatic carbocycles. The van der Waals surface area contributed by atoms with Gasteiger partial charge in [0.1, 0.15) is 0 Å². The van der Waals surface area contributed by atoms with Crippen molar-refractivity contribution >= 4 is 11.7 Å². The van der Waals surface area contributed by atoms with Gasteiger partial charge in [0, 0.05) is 5.69 Å². The van der Waals surface area contributed by atoms with Crippen LogP contribution in [-0.4, -0.2) is 12.6 Å². The highest BCUT2D eigenvalue weighted by Gasteiger charge is 2.36. The molecule has 94 valence electrons. The smallest absolute Gasteiger partial charge is 0.417 e. The van der Waals surface area contributed by atoms with E-state index in [2.05, 4.69) is 4.74 Å². The number of hydrogen-bond acceptors (Lipinski definition) is 3. The highest BCUT2D eigenvalue weighted by atomic mass is 19.4. The van der Waals surface area contributed by atoms with E-state index in [9.17, 15) is 18.0 Å². The van der Waals surface area contributed by atoms with Crippen LogP contribution in [0.25, 0.3) is 0 Å². The molecule has 0 fully saturated rings. The van der Waals surface area contributed by atoms with Crippen molar-refractivity contribution in [1.82, 2.24) is 0 Å². The summed E-state index contributed by atoms with van der Waals surface area (Å²) in [5.41, 5.74) is 3.47. The molecule has 17 heavy (non-hydrogen) atoms. The molecule has 0 atom stereocenters. The van der Waals surface area contributed by atoms with Crippen molar-refractivity contribution in [3.8, 4) is 0 Å². The molecule has 1 rings (SSSR count). The molecular weight excluding hydrogens is 235 g/mol. The Morgan fingerprint density at radius 1 is 1.41 bits per heavy atom. The van der Waals surface area contributed by atoms with Gasteiger partial charge >= 0.3 is 12.1 Å². The molecule has 0 amide bonds. The SMILES string of the molecule is CCCOC(=O)c1c(N)cccc1C(F)(F)F. The number of alkyl halides is 3. The van der Waals surface area contributed by atoms with Gasteiger partial charge in [0.15, 0.2) is 0 Å². The zero-order chi connectivity index (χ0) is 13.1. The van der Waals surface area contributed by atoms with Crippen molar-refractivity contribution < 1.29 is 22.7 Å². The number of carbonyl (C=O) groups is 1. The number of rotatable bonds is 3. The molecule has 6 heteroatoms. The Balaban J connectivity index is 3.17. The second kappa shape index (κ2) is 5.07. The Hall–Kier alpha value is -1.72. The summed E-state index contributed by atoms with van der Waals surface area (Å²) in [6.07, 6.45) is -4.10. The number of esters is 1. The molecule has 0 aromatic heterocycles. The van der Waals surface area contributed by atoms with Crippen LogP contribution < -0.4 is 5.73 Å². The van der Waals surface area contributed by atoms with Crippen LogP contribution in [0.1, 0.15) is 29.3 Å². The van der Waals surface area contributed by atoms with Gasteiger partial charge < -0.3 is 10.5 Å². The summed E-state index contributed by atoms with van der Waals surface area (Å²) in [6.45, 7) is 1.80. The van der Waals surface area contributed by atoms with Crippen LogP contribution in [0.3, 0.4) is 0 Å². The first kappa shape index (κ1) is 13.3. The summed E-state index contributed by atoms with van der Waals surface area (Å²) in [7, 11) is 0. The summed E-state index contributed by atoms with van der Waals surface area (Å²) in [4.78, 5) is 11.5. The summed E-state index contributed by atoms with van der Waals surface area (Å²) in [5.74, 6) is -1.04. The largest absolute Gasteiger partial charge is 0.462 e. The van der Waals surface area contributed by atoms with E-state index in [1.165, 1.54) is 6.07 Å². The summed E-state index contributed by atoms with van der Waals surface area (Å²) >= 11 is 0. The number of ether oxygens (including phenoxy) is 1. The van der Waals surface area contributed by atoms with Crippen LogP contribution in [-0.2, 0) is 10.9 Å². The molecule has 0 saturated carbocycles. The molecule has 0 aliphatic heterocycles. The second-order valence-corrected chi connectivity index (χ2v) is 3.40. The fraction of sp³-hybridized carbons (Fsp3) is 0.364. The minimum atomic E-state index is -4.63. The van der Waals surface area contributed by atoms with Gasteiger partial charge in [-0.15, -0.1) is 0 Å². The maximum atomic E-state index is 12.6. The van der Waals surface area contributed by atoms with Crippen LogP contribution in [0, 0.1) is 0 Å². The highest BCUT2D eigenvalue weighted by Crippen LogP contribution is 2.34. The van der Waals surface area contributed by atoms with Gasteiger partial charge in [-0.25, -0.2) is 4.79 Å². The van der Waals surface area contributed by atoms with E-state index in [0.717, 1.165) is 12.1 Å². The van der Waals surface area contributed by atoms with E-state index < -0.39 is 23.3 Å². The third-order valence-electron chi connectivity index (χ3n) is 2.04. The molecule has 0 aliphatic carbocycles. The maximum absolute atomic E-state index is 12.6. The molecule has 0 aliphatic rings. The van der Waals surface area contributed by atoms with E-state index >= 15 is 0 Å². The van der Waals surface area contributed by atoms with Crippen molar-refractivity contribution in [2.24, 2.45) is 0 Å². The maximum Gasteiger partial charge on any atom is 0.417 e. The number of anilines is 1. The monoisotopic (exact) mass is 247 g/mol. The Labute approximate surface area is 96.4 Å². The first-order chi connectivity index (χ1) is 7.88. The highest BCUT2D eigenvalue weighted by molar-refractivity contribution is 5.96. The van der Waals surface area contributed by atoms with Crippen molar-refractivity contribution in [3.63, 3.8) is 0 Å². The summed E-state index contributed by atoms with van der Waals surface area (Å²) in [5, 5.41) is 0. The van der Waals surface area contributed by atoms with Crippen LogP contribution in [0.15, 0.2) is 18.2 Å². The predicted molar refractivity (Wildman–Crippen MR) is 56.4 cm³/mol. The van der Waals surface area contributed by atoms with Gasteiger partial charge in [-0.05, 0) is 18.6 Å². The van der Waals surface area contributed by atoms with Gasteiger partial charge in [-0.3, -0.25) is 0 Å². The zero-order valence-electron chi connectivity index (χ0n) is 9.17. The lowest BCUT2D eigenvalue weighted by Gasteiger charge is -2.13. The number of halogens is 3. The van der Waals surface area contributed by atoms with Gasteiger partial charge in [0.05, 0.1) is 17.7 Å². The molecule has 2 N–H and O–H groups in total. The minimum absolute atomic E-state index is 0.0600. The first-order valence-corrected chi connectivity index (χ1v) is 5.00. The lowest BCUT2D eigenvalue weighted by Crippen LogP contribution is -2.17. The number of benzene rings is 1. The third kappa shape index (κ3) is 3.12. The molecule has 0 saturated heterocycles. The molecular formula is C11H12F3NO2. The molecule has 0 unspecified atom stereocenters. The molecule has 0 radical (unpaired) electrons. The second-order valence-electron chi connectivity index (χ2n) is 3.40. The van der Waals surface area contributed by atoms with Gasteiger partial charge in [-0.2, -0.15) is 13.2 Å². The lowest BCUT2D eigenvalue weighted by molar-refractivity contribution is -0.138. The molecule has 0 spiro atoms. The average Bonchev–Trinajstić information content (AvgIpc) is 2.24. The van der Waals surface area contributed by atoms with Gasteiger partial charge in [0.2, 0.25) is 0 Å². The van der Waals surface area contributed by atoms with Crippen LogP contribution in [0.4, 0.5) is 18.9 Å². The number of carbonyl (C=O) groups excluding carboxylic acids is 1. The standard InChI is InChI=1S/C11H12F3NO2/c1-2-6-17-10(16)9-7(11(12,13)14)4-3-5-8(9)15/h3-5H,2,6,15H2,1H3. The van der Waals surface area contributed by atoms with Crippen molar-refractivity contribution in [2.75, 3.05) is 12.3 Å². The minimum Gasteiger partial charge on any atom is -0.462 e. The fourth-order valence-electron chi connectivity index (χ4n) is 1.30. The van der Waals surface area contributed by atoms with Gasteiger partial charge in [-0.1, -0.05) is 13.0 Å². The van der Waals surface area contributed by atoms with E-state index in [0.29, 0.717) is 6.42 Å². The molecule has 0 heterocycles. The Kier molecular flexibility index (Phi) is 3.98. The van der Waals surface area contributed by atoms with Crippen molar-refractivity contribution in [3.05, 3.63) is 29.3 Å². The third-order valence-corrected chi connectivity index (χ3v) is 2.04. The van der Waals surface area contributed by atoms with Crippen LogP contribution >= 0.6 is 0 Å². The number of nitrogens with two attached hydrogens (primary N) is 1. The van der Waals surface area contributed by atoms with Crippen molar-refractivity contribution in [1.29, 1.82) is 0 Å². The topological polar surface area (TPSA) is 52.3 Å². The number of nitrogen functional groups attached to an aromatic ring is 1. The Morgan fingerprint density at radius 2 is 2.06 bits per heavy atom. The van der Waals surface area contributed by atoms with Gasteiger partial charge in [0.25, 0.3) is 0 Å². The quantitative estimate of drug-likeness (QED) is 0.660. The van der Waals surface area contributed by atoms with E-state index in [1.54, 1.807) is 6.92 Å². The molecule has 0 bridgehead atoms. The van der Waals surface area contributed by atoms with E-state index in [4.69, 9.17) is 5.73 Å². The molecule has 3 nitrogen and oxygen atoms in total. The van der Waals surface area contributed by atoms with Crippen LogP contribution in [0.5, 0.6) is 0 Å². The predicted octanol–water partition coefficient (Wildman–Crippen LogP) is 2.85. The summed E-state index contributed by atoms with van der Waals surface area (Å²) < 4.78 is 42.6. The zero-order valence-corrected chi connectivity index (χ0v) is 9.17.